The third kappa shape index (κ3) is 2.74. The van der Waals surface area contributed by atoms with Crippen LogP contribution in [0.15, 0.2) is 12.1 Å². The first-order valence-corrected chi connectivity index (χ1v) is 5.07. The highest BCUT2D eigenvalue weighted by Gasteiger charge is 2.01. The molecule has 0 atom stereocenters. The number of rotatable bonds is 4. The van der Waals surface area contributed by atoms with Gasteiger partial charge in [0.2, 0.25) is 0 Å². The zero-order valence-electron chi connectivity index (χ0n) is 9.22. The van der Waals surface area contributed by atoms with E-state index in [1.54, 1.807) is 0 Å². The van der Waals surface area contributed by atoms with Crippen LogP contribution in [0.25, 0.3) is 0 Å². The van der Waals surface area contributed by atoms with Crippen LogP contribution >= 0.6 is 0 Å². The molecule has 0 aliphatic rings. The predicted octanol–water partition coefficient (Wildman–Crippen LogP) is 2.41. The van der Waals surface area contributed by atoms with Gasteiger partial charge in [0.1, 0.15) is 0 Å². The van der Waals surface area contributed by atoms with Gasteiger partial charge in [0, 0.05) is 18.8 Å². The van der Waals surface area contributed by atoms with Crippen molar-refractivity contribution in [3.05, 3.63) is 28.8 Å². The lowest BCUT2D eigenvalue weighted by Gasteiger charge is -2.13. The summed E-state index contributed by atoms with van der Waals surface area (Å²) < 4.78 is 0. The molecule has 0 saturated carbocycles. The van der Waals surface area contributed by atoms with Crippen molar-refractivity contribution in [2.24, 2.45) is 0 Å². The van der Waals surface area contributed by atoms with E-state index in [2.05, 4.69) is 38.2 Å². The fraction of sp³-hybridized carbons (Fsp3) is 0.500. The quantitative estimate of drug-likeness (QED) is 0.720. The molecule has 0 amide bonds. The van der Waals surface area contributed by atoms with Crippen LogP contribution in [0, 0.1) is 20.8 Å². The summed E-state index contributed by atoms with van der Waals surface area (Å²) in [5.41, 5.74) is 5.07. The Morgan fingerprint density at radius 1 is 1.14 bits per heavy atom. The van der Waals surface area contributed by atoms with Gasteiger partial charge >= 0.3 is 0 Å². The normalized spacial score (nSPS) is 10.3. The van der Waals surface area contributed by atoms with Crippen molar-refractivity contribution in [1.29, 1.82) is 0 Å². The van der Waals surface area contributed by atoms with Gasteiger partial charge in [-0.25, -0.2) is 0 Å². The molecular formula is C12H19NO. The number of aliphatic hydroxyl groups is 1. The maximum absolute atomic E-state index is 8.69. The standard InChI is InChI=1S/C12H19NO/c1-9-7-10(2)12(11(3)8-9)13-5-4-6-14/h7-8,13-14H,4-6H2,1-3H3. The second-order valence-electron chi connectivity index (χ2n) is 3.78. The van der Waals surface area contributed by atoms with Gasteiger partial charge < -0.3 is 10.4 Å². The lowest BCUT2D eigenvalue weighted by atomic mass is 10.1. The van der Waals surface area contributed by atoms with Gasteiger partial charge in [0.25, 0.3) is 0 Å². The van der Waals surface area contributed by atoms with Crippen molar-refractivity contribution < 1.29 is 5.11 Å². The third-order valence-corrected chi connectivity index (χ3v) is 2.31. The van der Waals surface area contributed by atoms with E-state index in [9.17, 15) is 0 Å². The fourth-order valence-electron chi connectivity index (χ4n) is 1.75. The third-order valence-electron chi connectivity index (χ3n) is 2.31. The molecule has 0 saturated heterocycles. The number of benzene rings is 1. The van der Waals surface area contributed by atoms with Crippen molar-refractivity contribution in [2.75, 3.05) is 18.5 Å². The van der Waals surface area contributed by atoms with Gasteiger partial charge in [-0.2, -0.15) is 0 Å². The Balaban J connectivity index is 2.75. The van der Waals surface area contributed by atoms with Crippen molar-refractivity contribution in [1.82, 2.24) is 0 Å². The van der Waals surface area contributed by atoms with Crippen molar-refractivity contribution in [3.63, 3.8) is 0 Å². The molecule has 2 N–H and O–H groups in total. The summed E-state index contributed by atoms with van der Waals surface area (Å²) >= 11 is 0. The SMILES string of the molecule is Cc1cc(C)c(NCCCO)c(C)c1. The van der Waals surface area contributed by atoms with Gasteiger partial charge in [-0.15, -0.1) is 0 Å². The van der Waals surface area contributed by atoms with Gasteiger partial charge in [-0.1, -0.05) is 17.7 Å². The van der Waals surface area contributed by atoms with Gasteiger partial charge in [0.15, 0.2) is 0 Å². The summed E-state index contributed by atoms with van der Waals surface area (Å²) in [6.07, 6.45) is 0.798. The average Bonchev–Trinajstić information content (AvgIpc) is 2.09. The molecule has 0 radical (unpaired) electrons. The smallest absolute Gasteiger partial charge is 0.0447 e. The highest BCUT2D eigenvalue weighted by Crippen LogP contribution is 2.21. The minimum Gasteiger partial charge on any atom is -0.396 e. The van der Waals surface area contributed by atoms with Crippen LogP contribution in [0.2, 0.25) is 0 Å². The Morgan fingerprint density at radius 2 is 1.71 bits per heavy atom. The molecule has 0 aliphatic heterocycles. The lowest BCUT2D eigenvalue weighted by molar-refractivity contribution is 0.292. The molecule has 1 rings (SSSR count). The lowest BCUT2D eigenvalue weighted by Crippen LogP contribution is -2.06. The molecule has 2 nitrogen and oxygen atoms in total. The fourth-order valence-corrected chi connectivity index (χ4v) is 1.75. The van der Waals surface area contributed by atoms with E-state index >= 15 is 0 Å². The number of hydrogen-bond acceptors (Lipinski definition) is 2. The molecule has 0 aromatic heterocycles. The van der Waals surface area contributed by atoms with E-state index in [4.69, 9.17) is 5.11 Å². The molecule has 1 aromatic carbocycles. The number of aliphatic hydroxyl groups excluding tert-OH is 1. The molecule has 0 fully saturated rings. The summed E-state index contributed by atoms with van der Waals surface area (Å²) in [6, 6.07) is 4.35. The van der Waals surface area contributed by atoms with Crippen LogP contribution in [0.5, 0.6) is 0 Å². The first-order valence-electron chi connectivity index (χ1n) is 5.07. The highest BCUT2D eigenvalue weighted by atomic mass is 16.3. The Hall–Kier alpha value is -1.02. The largest absolute Gasteiger partial charge is 0.396 e. The van der Waals surface area contributed by atoms with Crippen molar-refractivity contribution >= 4 is 5.69 Å². The Bertz CT molecular complexity index is 284. The maximum Gasteiger partial charge on any atom is 0.0447 e. The summed E-state index contributed by atoms with van der Waals surface area (Å²) in [5, 5.41) is 12.0. The van der Waals surface area contributed by atoms with Gasteiger partial charge in [0.05, 0.1) is 0 Å². The predicted molar refractivity (Wildman–Crippen MR) is 60.8 cm³/mol. The molecule has 0 unspecified atom stereocenters. The molecule has 0 aliphatic carbocycles. The maximum atomic E-state index is 8.69. The molecule has 0 spiro atoms. The zero-order chi connectivity index (χ0) is 10.6. The first-order chi connectivity index (χ1) is 6.65. The topological polar surface area (TPSA) is 32.3 Å². The van der Waals surface area contributed by atoms with E-state index < -0.39 is 0 Å². The van der Waals surface area contributed by atoms with E-state index in [0.717, 1.165) is 13.0 Å². The Morgan fingerprint density at radius 3 is 2.21 bits per heavy atom. The molecule has 1 aromatic rings. The highest BCUT2D eigenvalue weighted by molar-refractivity contribution is 5.58. The summed E-state index contributed by atoms with van der Waals surface area (Å²) in [6.45, 7) is 7.41. The van der Waals surface area contributed by atoms with Crippen LogP contribution in [0.3, 0.4) is 0 Å². The summed E-state index contributed by atoms with van der Waals surface area (Å²) in [7, 11) is 0. The Labute approximate surface area is 86.0 Å². The number of aryl methyl sites for hydroxylation is 3. The molecule has 78 valence electrons. The monoisotopic (exact) mass is 193 g/mol. The molecule has 14 heavy (non-hydrogen) atoms. The van der Waals surface area contributed by atoms with Crippen LogP contribution in [0.4, 0.5) is 5.69 Å². The Kier molecular flexibility index (Phi) is 3.96. The second kappa shape index (κ2) is 5.01. The summed E-state index contributed by atoms with van der Waals surface area (Å²) in [4.78, 5) is 0. The van der Waals surface area contributed by atoms with Crippen LogP contribution in [0.1, 0.15) is 23.1 Å². The van der Waals surface area contributed by atoms with E-state index in [1.807, 2.05) is 0 Å². The molecule has 0 heterocycles. The van der Waals surface area contributed by atoms with E-state index in [-0.39, 0.29) is 6.61 Å². The van der Waals surface area contributed by atoms with Crippen molar-refractivity contribution in [3.8, 4) is 0 Å². The van der Waals surface area contributed by atoms with Crippen LogP contribution in [-0.4, -0.2) is 18.3 Å². The van der Waals surface area contributed by atoms with Gasteiger partial charge in [-0.05, 0) is 38.3 Å². The average molecular weight is 193 g/mol. The van der Waals surface area contributed by atoms with Crippen LogP contribution in [-0.2, 0) is 0 Å². The minimum absolute atomic E-state index is 0.247. The van der Waals surface area contributed by atoms with Crippen LogP contribution < -0.4 is 5.32 Å². The first kappa shape index (κ1) is 11.1. The number of anilines is 1. The second-order valence-corrected chi connectivity index (χ2v) is 3.78. The number of hydrogen-bond donors (Lipinski definition) is 2. The number of nitrogens with one attached hydrogen (secondary N) is 1. The molecule has 2 heteroatoms. The molecule has 0 bridgehead atoms. The zero-order valence-corrected chi connectivity index (χ0v) is 9.22. The van der Waals surface area contributed by atoms with Crippen molar-refractivity contribution in [2.45, 2.75) is 27.2 Å². The van der Waals surface area contributed by atoms with E-state index in [1.165, 1.54) is 22.4 Å². The van der Waals surface area contributed by atoms with Gasteiger partial charge in [-0.3, -0.25) is 0 Å². The molecular weight excluding hydrogens is 174 g/mol. The minimum atomic E-state index is 0.247. The van der Waals surface area contributed by atoms with E-state index in [0.29, 0.717) is 0 Å². The summed E-state index contributed by atoms with van der Waals surface area (Å²) in [5.74, 6) is 0.